The summed E-state index contributed by atoms with van der Waals surface area (Å²) >= 11 is 1.59. The van der Waals surface area contributed by atoms with Crippen molar-refractivity contribution in [3.63, 3.8) is 0 Å². The van der Waals surface area contributed by atoms with Gasteiger partial charge in [0.1, 0.15) is 5.01 Å². The Morgan fingerprint density at radius 3 is 2.04 bits per heavy atom. The van der Waals surface area contributed by atoms with Gasteiger partial charge < -0.3 is 0 Å². The first-order valence-corrected chi connectivity index (χ1v) is 8.03. The average Bonchev–Trinajstić information content (AvgIpc) is 3.17. The molecule has 0 unspecified atom stereocenters. The lowest BCUT2D eigenvalue weighted by molar-refractivity contribution is 1.23. The zero-order valence-corrected chi connectivity index (χ0v) is 12.9. The minimum atomic E-state index is 0.817. The first-order chi connectivity index (χ1) is 11.4. The largest absolute Gasteiger partial charge is 0.256 e. The van der Waals surface area contributed by atoms with Crippen molar-refractivity contribution >= 4 is 11.3 Å². The molecule has 0 aliphatic carbocycles. The third kappa shape index (κ3) is 2.62. The van der Waals surface area contributed by atoms with Crippen LogP contribution in [0, 0.1) is 0 Å². The number of nitrogens with zero attached hydrogens (tertiary/aromatic N) is 4. The SMILES string of the molecule is c1ccc(-c2cccnc2-c2ncccc2-c2nccs2)nc1. The first-order valence-electron chi connectivity index (χ1n) is 7.15. The van der Waals surface area contributed by atoms with Crippen LogP contribution in [0.15, 0.2) is 72.6 Å². The maximum Gasteiger partial charge on any atom is 0.125 e. The zero-order valence-electron chi connectivity index (χ0n) is 12.1. The Kier molecular flexibility index (Phi) is 3.62. The van der Waals surface area contributed by atoms with E-state index in [1.807, 2.05) is 47.8 Å². The average molecular weight is 316 g/mol. The van der Waals surface area contributed by atoms with Crippen molar-refractivity contribution in [2.45, 2.75) is 0 Å². The second kappa shape index (κ2) is 6.06. The predicted molar refractivity (Wildman–Crippen MR) is 91.8 cm³/mol. The van der Waals surface area contributed by atoms with E-state index in [2.05, 4.69) is 19.9 Å². The molecule has 4 aromatic heterocycles. The molecule has 0 amide bonds. The van der Waals surface area contributed by atoms with Crippen molar-refractivity contribution in [2.24, 2.45) is 0 Å². The van der Waals surface area contributed by atoms with Crippen molar-refractivity contribution < 1.29 is 0 Å². The number of thiazole rings is 1. The van der Waals surface area contributed by atoms with Gasteiger partial charge in [0.25, 0.3) is 0 Å². The van der Waals surface area contributed by atoms with Gasteiger partial charge in [-0.3, -0.25) is 15.0 Å². The Labute approximate surface area is 137 Å². The number of hydrogen-bond acceptors (Lipinski definition) is 5. The fourth-order valence-corrected chi connectivity index (χ4v) is 3.11. The number of aromatic nitrogens is 4. The summed E-state index contributed by atoms with van der Waals surface area (Å²) in [5.74, 6) is 0. The highest BCUT2D eigenvalue weighted by molar-refractivity contribution is 7.13. The lowest BCUT2D eigenvalue weighted by atomic mass is 10.0. The van der Waals surface area contributed by atoms with Gasteiger partial charge in [-0.05, 0) is 36.4 Å². The van der Waals surface area contributed by atoms with Crippen LogP contribution in [0.3, 0.4) is 0 Å². The lowest BCUT2D eigenvalue weighted by Gasteiger charge is -2.10. The molecule has 23 heavy (non-hydrogen) atoms. The van der Waals surface area contributed by atoms with Gasteiger partial charge in [0.2, 0.25) is 0 Å². The van der Waals surface area contributed by atoms with E-state index in [1.165, 1.54) is 0 Å². The molecule has 0 saturated carbocycles. The topological polar surface area (TPSA) is 51.6 Å². The quantitative estimate of drug-likeness (QED) is 0.564. The number of pyridine rings is 3. The van der Waals surface area contributed by atoms with Crippen molar-refractivity contribution in [1.82, 2.24) is 19.9 Å². The third-order valence-electron chi connectivity index (χ3n) is 3.44. The van der Waals surface area contributed by atoms with E-state index in [4.69, 9.17) is 0 Å². The Morgan fingerprint density at radius 1 is 0.609 bits per heavy atom. The molecule has 4 heterocycles. The molecule has 4 rings (SSSR count). The molecule has 0 bridgehead atoms. The zero-order chi connectivity index (χ0) is 15.5. The van der Waals surface area contributed by atoms with Crippen LogP contribution in [-0.2, 0) is 0 Å². The van der Waals surface area contributed by atoms with Crippen molar-refractivity contribution in [2.75, 3.05) is 0 Å². The van der Waals surface area contributed by atoms with Crippen LogP contribution < -0.4 is 0 Å². The number of rotatable bonds is 3. The van der Waals surface area contributed by atoms with Crippen molar-refractivity contribution in [3.8, 4) is 33.2 Å². The molecule has 0 spiro atoms. The van der Waals surface area contributed by atoms with Crippen LogP contribution in [0.1, 0.15) is 0 Å². The standard InChI is InChI=1S/C18H12N4S/c1-2-8-19-15(7-1)13-5-3-9-20-16(13)17-14(6-4-10-21-17)18-22-11-12-23-18/h1-12H. The smallest absolute Gasteiger partial charge is 0.125 e. The highest BCUT2D eigenvalue weighted by atomic mass is 32.1. The molecular formula is C18H12N4S. The van der Waals surface area contributed by atoms with Gasteiger partial charge in [-0.15, -0.1) is 11.3 Å². The molecule has 0 N–H and O–H groups in total. The molecule has 0 fully saturated rings. The Hall–Kier alpha value is -2.92. The summed E-state index contributed by atoms with van der Waals surface area (Å²) in [7, 11) is 0. The summed E-state index contributed by atoms with van der Waals surface area (Å²) < 4.78 is 0. The fourth-order valence-electron chi connectivity index (χ4n) is 2.45. The van der Waals surface area contributed by atoms with Gasteiger partial charge in [0.05, 0.1) is 17.1 Å². The van der Waals surface area contributed by atoms with Gasteiger partial charge in [-0.1, -0.05) is 6.07 Å². The second-order valence-electron chi connectivity index (χ2n) is 4.85. The minimum absolute atomic E-state index is 0.817. The van der Waals surface area contributed by atoms with Gasteiger partial charge >= 0.3 is 0 Å². The monoisotopic (exact) mass is 316 g/mol. The molecule has 5 heteroatoms. The minimum Gasteiger partial charge on any atom is -0.256 e. The summed E-state index contributed by atoms with van der Waals surface area (Å²) in [4.78, 5) is 18.0. The molecule has 0 aromatic carbocycles. The molecule has 4 aromatic rings. The Balaban J connectivity index is 1.94. The Bertz CT molecular complexity index is 921. The molecule has 0 aliphatic rings. The van der Waals surface area contributed by atoms with Crippen LogP contribution in [-0.4, -0.2) is 19.9 Å². The van der Waals surface area contributed by atoms with Crippen LogP contribution in [0.2, 0.25) is 0 Å². The highest BCUT2D eigenvalue weighted by Crippen LogP contribution is 2.34. The highest BCUT2D eigenvalue weighted by Gasteiger charge is 2.16. The predicted octanol–water partition coefficient (Wildman–Crippen LogP) is 4.33. The summed E-state index contributed by atoms with van der Waals surface area (Å²) in [6.07, 6.45) is 7.15. The van der Waals surface area contributed by atoms with Gasteiger partial charge in [-0.25, -0.2) is 4.98 Å². The van der Waals surface area contributed by atoms with Crippen molar-refractivity contribution in [3.05, 3.63) is 72.6 Å². The molecule has 0 saturated heterocycles. The molecule has 4 nitrogen and oxygen atoms in total. The summed E-state index contributed by atoms with van der Waals surface area (Å²) in [6.45, 7) is 0. The van der Waals surface area contributed by atoms with Gasteiger partial charge in [-0.2, -0.15) is 0 Å². The molecular weight excluding hydrogens is 304 g/mol. The summed E-state index contributed by atoms with van der Waals surface area (Å²) in [5, 5.41) is 2.90. The fraction of sp³-hybridized carbons (Fsp3) is 0. The summed E-state index contributed by atoms with van der Waals surface area (Å²) in [5.41, 5.74) is 4.47. The van der Waals surface area contributed by atoms with Crippen LogP contribution in [0.4, 0.5) is 0 Å². The van der Waals surface area contributed by atoms with Gasteiger partial charge in [0, 0.05) is 41.3 Å². The van der Waals surface area contributed by atoms with E-state index < -0.39 is 0 Å². The van der Waals surface area contributed by atoms with Crippen molar-refractivity contribution in [1.29, 1.82) is 0 Å². The van der Waals surface area contributed by atoms with E-state index in [0.29, 0.717) is 0 Å². The maximum atomic E-state index is 4.57. The normalized spacial score (nSPS) is 10.6. The van der Waals surface area contributed by atoms with Crippen LogP contribution in [0.25, 0.3) is 33.2 Å². The van der Waals surface area contributed by atoms with Gasteiger partial charge in [0.15, 0.2) is 0 Å². The van der Waals surface area contributed by atoms with Crippen LogP contribution in [0.5, 0.6) is 0 Å². The molecule has 0 atom stereocenters. The number of hydrogen-bond donors (Lipinski definition) is 0. The maximum absolute atomic E-state index is 4.57. The molecule has 0 aliphatic heterocycles. The van der Waals surface area contributed by atoms with E-state index >= 15 is 0 Å². The third-order valence-corrected chi connectivity index (χ3v) is 4.25. The van der Waals surface area contributed by atoms with Crippen LogP contribution >= 0.6 is 11.3 Å². The lowest BCUT2D eigenvalue weighted by Crippen LogP contribution is -1.95. The summed E-state index contributed by atoms with van der Waals surface area (Å²) in [6, 6.07) is 13.7. The van der Waals surface area contributed by atoms with E-state index in [9.17, 15) is 0 Å². The first kappa shape index (κ1) is 13.7. The molecule has 110 valence electrons. The van der Waals surface area contributed by atoms with E-state index in [-0.39, 0.29) is 0 Å². The van der Waals surface area contributed by atoms with E-state index in [0.717, 1.165) is 33.2 Å². The Morgan fingerprint density at radius 2 is 1.35 bits per heavy atom. The second-order valence-corrected chi connectivity index (χ2v) is 5.75. The molecule has 0 radical (unpaired) electrons. The van der Waals surface area contributed by atoms with E-state index in [1.54, 1.807) is 36.1 Å².